The zero-order valence-electron chi connectivity index (χ0n) is 11.8. The number of rotatable bonds is 7. The normalized spacial score (nSPS) is 12.1. The van der Waals surface area contributed by atoms with Crippen LogP contribution in [-0.2, 0) is 4.79 Å². The summed E-state index contributed by atoms with van der Waals surface area (Å²) >= 11 is 3.31. The molecule has 0 saturated heterocycles. The van der Waals surface area contributed by atoms with E-state index in [1.54, 1.807) is 0 Å². The number of hydrogen-bond acceptors (Lipinski definition) is 3. The molecule has 0 amide bonds. The van der Waals surface area contributed by atoms with E-state index in [9.17, 15) is 4.79 Å². The first-order chi connectivity index (χ1) is 10.1. The van der Waals surface area contributed by atoms with Crippen LogP contribution in [0.2, 0.25) is 0 Å². The number of carbonyl (C=O) groups is 1. The molecule has 1 aromatic carbocycles. The lowest BCUT2D eigenvalue weighted by molar-refractivity contribution is -0.137. The third-order valence-corrected chi connectivity index (χ3v) is 3.78. The van der Waals surface area contributed by atoms with Gasteiger partial charge in [0, 0.05) is 18.7 Å². The highest BCUT2D eigenvalue weighted by Crippen LogP contribution is 2.29. The number of aliphatic carboxylic acids is 1. The van der Waals surface area contributed by atoms with Crippen molar-refractivity contribution in [3.63, 3.8) is 0 Å². The molecule has 0 saturated carbocycles. The van der Waals surface area contributed by atoms with Crippen LogP contribution in [0.15, 0.2) is 51.6 Å². The number of carboxylic acids is 1. The van der Waals surface area contributed by atoms with Crippen LogP contribution in [0.3, 0.4) is 0 Å². The van der Waals surface area contributed by atoms with Gasteiger partial charge >= 0.3 is 5.97 Å². The van der Waals surface area contributed by atoms with Crippen molar-refractivity contribution in [3.8, 4) is 0 Å². The highest BCUT2D eigenvalue weighted by atomic mass is 79.9. The molecule has 0 spiro atoms. The first-order valence-electron chi connectivity index (χ1n) is 6.86. The van der Waals surface area contributed by atoms with Gasteiger partial charge in [0.1, 0.15) is 5.76 Å². The average molecular weight is 352 g/mol. The molecule has 1 N–H and O–H groups in total. The molecule has 112 valence electrons. The zero-order valence-corrected chi connectivity index (χ0v) is 13.4. The minimum Gasteiger partial charge on any atom is -0.481 e. The first-order valence-corrected chi connectivity index (χ1v) is 7.66. The Kier molecular flexibility index (Phi) is 5.44. The van der Waals surface area contributed by atoms with Gasteiger partial charge in [0.05, 0.1) is 6.04 Å². The minimum atomic E-state index is -0.767. The topological polar surface area (TPSA) is 53.7 Å². The maximum Gasteiger partial charge on any atom is 0.303 e. The maximum atomic E-state index is 10.7. The minimum absolute atomic E-state index is 0.0347. The van der Waals surface area contributed by atoms with Crippen molar-refractivity contribution in [2.45, 2.75) is 25.8 Å². The predicted molar refractivity (Wildman–Crippen MR) is 85.5 cm³/mol. The third kappa shape index (κ3) is 4.36. The summed E-state index contributed by atoms with van der Waals surface area (Å²) in [7, 11) is 0. The van der Waals surface area contributed by atoms with Crippen molar-refractivity contribution in [3.05, 3.63) is 52.9 Å². The van der Waals surface area contributed by atoms with Crippen LogP contribution in [0, 0.1) is 0 Å². The first kappa shape index (κ1) is 15.6. The second-order valence-corrected chi connectivity index (χ2v) is 5.63. The Bertz CT molecular complexity index is 582. The maximum absolute atomic E-state index is 10.7. The van der Waals surface area contributed by atoms with Gasteiger partial charge in [-0.3, -0.25) is 4.79 Å². The van der Waals surface area contributed by atoms with Gasteiger partial charge in [-0.05, 0) is 53.5 Å². The second kappa shape index (κ2) is 7.31. The van der Waals surface area contributed by atoms with Crippen LogP contribution in [-0.4, -0.2) is 17.6 Å². The lowest BCUT2D eigenvalue weighted by atomic mass is 10.1. The third-order valence-electron chi connectivity index (χ3n) is 3.35. The van der Waals surface area contributed by atoms with Crippen LogP contribution in [0.5, 0.6) is 0 Å². The number of hydrogen-bond donors (Lipinski definition) is 1. The number of benzene rings is 1. The molecule has 0 bridgehead atoms. The molecular formula is C16H18BrNO3. The summed E-state index contributed by atoms with van der Waals surface area (Å²) in [5.74, 6) is 0.0810. The summed E-state index contributed by atoms with van der Waals surface area (Å²) in [5.41, 5.74) is 1.06. The number of carboxylic acid groups (broad SMARTS) is 1. The van der Waals surface area contributed by atoms with E-state index in [-0.39, 0.29) is 12.5 Å². The molecule has 5 heteroatoms. The molecular weight excluding hydrogens is 334 g/mol. The zero-order chi connectivity index (χ0) is 15.2. The number of halogens is 1. The van der Waals surface area contributed by atoms with Crippen LogP contribution in [0.25, 0.3) is 0 Å². The summed E-state index contributed by atoms with van der Waals surface area (Å²) in [5, 5.41) is 8.81. The SMILES string of the molecule is CC(c1ccc(Br)o1)N(CCCC(=O)O)c1ccccc1. The quantitative estimate of drug-likeness (QED) is 0.799. The van der Waals surface area contributed by atoms with Crippen molar-refractivity contribution in [1.82, 2.24) is 0 Å². The molecule has 21 heavy (non-hydrogen) atoms. The summed E-state index contributed by atoms with van der Waals surface area (Å²) in [6, 6.07) is 13.8. The van der Waals surface area contributed by atoms with Crippen molar-refractivity contribution in [1.29, 1.82) is 0 Å². The Balaban J connectivity index is 2.16. The van der Waals surface area contributed by atoms with Gasteiger partial charge in [0.25, 0.3) is 0 Å². The highest BCUT2D eigenvalue weighted by Gasteiger charge is 2.19. The monoisotopic (exact) mass is 351 g/mol. The van der Waals surface area contributed by atoms with Gasteiger partial charge in [-0.25, -0.2) is 0 Å². The van der Waals surface area contributed by atoms with E-state index in [1.807, 2.05) is 42.5 Å². The van der Waals surface area contributed by atoms with Crippen LogP contribution < -0.4 is 4.90 Å². The lowest BCUT2D eigenvalue weighted by Gasteiger charge is -2.30. The van der Waals surface area contributed by atoms with Gasteiger partial charge in [0.2, 0.25) is 0 Å². The summed E-state index contributed by atoms with van der Waals surface area (Å²) < 4.78 is 6.33. The Morgan fingerprint density at radius 1 is 1.29 bits per heavy atom. The van der Waals surface area contributed by atoms with E-state index < -0.39 is 5.97 Å². The molecule has 1 aromatic heterocycles. The molecule has 1 unspecified atom stereocenters. The Morgan fingerprint density at radius 3 is 2.57 bits per heavy atom. The van der Waals surface area contributed by atoms with E-state index in [2.05, 4.69) is 27.8 Å². The fourth-order valence-corrected chi connectivity index (χ4v) is 2.59. The van der Waals surface area contributed by atoms with Gasteiger partial charge in [-0.2, -0.15) is 0 Å². The molecule has 2 rings (SSSR count). The van der Waals surface area contributed by atoms with Gasteiger partial charge in [-0.15, -0.1) is 0 Å². The Hall–Kier alpha value is -1.75. The molecule has 0 aliphatic carbocycles. The number of nitrogens with zero attached hydrogens (tertiary/aromatic N) is 1. The van der Waals surface area contributed by atoms with Crippen molar-refractivity contribution in [2.24, 2.45) is 0 Å². The fraction of sp³-hybridized carbons (Fsp3) is 0.312. The summed E-state index contributed by atoms with van der Waals surface area (Å²) in [6.07, 6.45) is 0.758. The van der Waals surface area contributed by atoms with E-state index in [0.717, 1.165) is 11.4 Å². The fourth-order valence-electron chi connectivity index (χ4n) is 2.27. The highest BCUT2D eigenvalue weighted by molar-refractivity contribution is 9.10. The standard InChI is InChI=1S/C16H18BrNO3/c1-12(14-9-10-15(17)21-14)18(11-5-8-16(19)20)13-6-3-2-4-7-13/h2-4,6-7,9-10,12H,5,8,11H2,1H3,(H,19,20). The molecule has 1 heterocycles. The van der Waals surface area contributed by atoms with Crippen molar-refractivity contribution in [2.75, 3.05) is 11.4 Å². The molecule has 2 aromatic rings. The number of furan rings is 1. The second-order valence-electron chi connectivity index (χ2n) is 4.84. The Labute approximate surface area is 132 Å². The lowest BCUT2D eigenvalue weighted by Crippen LogP contribution is -2.28. The van der Waals surface area contributed by atoms with Crippen LogP contribution in [0.1, 0.15) is 31.6 Å². The smallest absolute Gasteiger partial charge is 0.303 e. The van der Waals surface area contributed by atoms with E-state index >= 15 is 0 Å². The number of anilines is 1. The van der Waals surface area contributed by atoms with Gasteiger partial charge in [-0.1, -0.05) is 18.2 Å². The number of para-hydroxylation sites is 1. The van der Waals surface area contributed by atoms with Crippen LogP contribution in [0.4, 0.5) is 5.69 Å². The van der Waals surface area contributed by atoms with Crippen molar-refractivity contribution < 1.29 is 14.3 Å². The molecule has 1 atom stereocenters. The van der Waals surface area contributed by atoms with Gasteiger partial charge < -0.3 is 14.4 Å². The van der Waals surface area contributed by atoms with Gasteiger partial charge in [0.15, 0.2) is 4.67 Å². The Morgan fingerprint density at radius 2 is 2.00 bits per heavy atom. The predicted octanol–water partition coefficient (Wildman–Crippen LogP) is 4.47. The molecule has 0 radical (unpaired) electrons. The molecule has 0 aliphatic heterocycles. The summed E-state index contributed by atoms with van der Waals surface area (Å²) in [6.45, 7) is 2.72. The van der Waals surface area contributed by atoms with E-state index in [1.165, 1.54) is 0 Å². The molecule has 0 fully saturated rings. The van der Waals surface area contributed by atoms with Crippen LogP contribution >= 0.6 is 15.9 Å². The largest absolute Gasteiger partial charge is 0.481 e. The summed E-state index contributed by atoms with van der Waals surface area (Å²) in [4.78, 5) is 12.9. The van der Waals surface area contributed by atoms with Crippen molar-refractivity contribution >= 4 is 27.6 Å². The molecule has 0 aliphatic rings. The average Bonchev–Trinajstić information content (AvgIpc) is 2.90. The molecule has 4 nitrogen and oxygen atoms in total. The van der Waals surface area contributed by atoms with E-state index in [0.29, 0.717) is 17.6 Å². The van der Waals surface area contributed by atoms with E-state index in [4.69, 9.17) is 9.52 Å².